The van der Waals surface area contributed by atoms with E-state index in [0.29, 0.717) is 22.8 Å². The number of imide groups is 1. The number of likely N-dealkylation sites (N-methyl/N-ethyl adjacent to an activating group) is 1. The SMILES string of the molecule is C=CC(CC=CC)C1=CC(C(C)=N)=C(n2nc(C)cc2C)N(C)C1c1ccc(C2(N3C(=O)c4ccccc4C3=O)CC(C)C2)cc1. The molecule has 236 valence electrons. The van der Waals surface area contributed by atoms with Crippen LogP contribution in [0.1, 0.15) is 89.3 Å². The van der Waals surface area contributed by atoms with Crippen LogP contribution in [-0.2, 0) is 5.54 Å². The average molecular weight is 614 g/mol. The van der Waals surface area contributed by atoms with Gasteiger partial charge in [0.15, 0.2) is 0 Å². The molecule has 1 fully saturated rings. The molecule has 46 heavy (non-hydrogen) atoms. The molecule has 2 aliphatic heterocycles. The molecular formula is C39H43N5O2. The highest BCUT2D eigenvalue weighted by Crippen LogP contribution is 2.53. The fourth-order valence-corrected chi connectivity index (χ4v) is 7.80. The number of nitrogens with zero attached hydrogens (tertiary/aromatic N) is 4. The first-order valence-electron chi connectivity index (χ1n) is 16.1. The molecule has 7 heteroatoms. The Morgan fingerprint density at radius 3 is 2.22 bits per heavy atom. The minimum atomic E-state index is -0.670. The van der Waals surface area contributed by atoms with Gasteiger partial charge in [-0.15, -0.1) is 6.58 Å². The lowest BCUT2D eigenvalue weighted by Crippen LogP contribution is -2.56. The Labute approximate surface area is 272 Å². The van der Waals surface area contributed by atoms with Crippen molar-refractivity contribution in [2.75, 3.05) is 7.05 Å². The zero-order valence-electron chi connectivity index (χ0n) is 27.7. The molecule has 2 aromatic carbocycles. The predicted molar refractivity (Wildman–Crippen MR) is 183 cm³/mol. The fourth-order valence-electron chi connectivity index (χ4n) is 7.80. The van der Waals surface area contributed by atoms with Crippen molar-refractivity contribution < 1.29 is 9.59 Å². The molecular weight excluding hydrogens is 570 g/mol. The second-order valence-electron chi connectivity index (χ2n) is 13.2. The van der Waals surface area contributed by atoms with Gasteiger partial charge in [-0.3, -0.25) is 14.5 Å². The van der Waals surface area contributed by atoms with Gasteiger partial charge < -0.3 is 10.3 Å². The smallest absolute Gasteiger partial charge is 0.262 e. The van der Waals surface area contributed by atoms with Crippen LogP contribution in [0.5, 0.6) is 0 Å². The molecule has 0 spiro atoms. The molecule has 1 saturated carbocycles. The van der Waals surface area contributed by atoms with Crippen LogP contribution in [0, 0.1) is 31.1 Å². The standard InChI is InChI=1S/C39H43N5O2/c1-8-10-13-28(9-2)34-21-33(27(6)40)36(44-26(5)20-25(4)41-44)42(7)35(34)29-16-18-30(19-17-29)39(22-24(3)23-39)43-37(45)31-14-11-12-15-32(31)38(43)46/h8-12,14-21,24,28,35,40H,2,13,22-23H2,1,3-7H3. The van der Waals surface area contributed by atoms with Crippen molar-refractivity contribution in [2.45, 2.75) is 65.5 Å². The molecule has 7 nitrogen and oxygen atoms in total. The van der Waals surface area contributed by atoms with Crippen LogP contribution >= 0.6 is 0 Å². The molecule has 3 aliphatic rings. The quantitative estimate of drug-likeness (QED) is 0.151. The van der Waals surface area contributed by atoms with Gasteiger partial charge in [-0.1, -0.05) is 61.5 Å². The Balaban J connectivity index is 1.45. The van der Waals surface area contributed by atoms with Gasteiger partial charge in [0.05, 0.1) is 28.4 Å². The second kappa shape index (κ2) is 11.9. The zero-order valence-corrected chi connectivity index (χ0v) is 27.7. The van der Waals surface area contributed by atoms with Crippen LogP contribution in [0.3, 0.4) is 0 Å². The van der Waals surface area contributed by atoms with Crippen molar-refractivity contribution >= 4 is 23.3 Å². The first-order valence-corrected chi connectivity index (χ1v) is 16.1. The van der Waals surface area contributed by atoms with Crippen LogP contribution in [0.2, 0.25) is 0 Å². The Hall–Kier alpha value is -4.78. The molecule has 0 bridgehead atoms. The maximum atomic E-state index is 13.7. The summed E-state index contributed by atoms with van der Waals surface area (Å²) in [6.45, 7) is 14.3. The van der Waals surface area contributed by atoms with E-state index in [2.05, 4.69) is 74.0 Å². The van der Waals surface area contributed by atoms with Crippen molar-refractivity contribution in [3.05, 3.63) is 130 Å². The summed E-state index contributed by atoms with van der Waals surface area (Å²) < 4.78 is 1.94. The van der Waals surface area contributed by atoms with Gasteiger partial charge in [0.25, 0.3) is 11.8 Å². The first-order chi connectivity index (χ1) is 22.0. The van der Waals surface area contributed by atoms with Crippen LogP contribution < -0.4 is 0 Å². The van der Waals surface area contributed by atoms with Gasteiger partial charge >= 0.3 is 0 Å². The number of benzene rings is 2. The number of carbonyl (C=O) groups excluding carboxylic acids is 2. The largest absolute Gasteiger partial charge is 0.348 e. The van der Waals surface area contributed by atoms with Crippen molar-refractivity contribution in [1.29, 1.82) is 5.41 Å². The molecule has 1 aromatic heterocycles. The van der Waals surface area contributed by atoms with E-state index in [1.165, 1.54) is 4.90 Å². The Kier molecular flexibility index (Phi) is 8.05. The highest BCUT2D eigenvalue weighted by Gasteiger charge is 2.55. The summed E-state index contributed by atoms with van der Waals surface area (Å²) in [5.74, 6) is 0.901. The fraction of sp³-hybridized carbons (Fsp3) is 0.333. The molecule has 3 heterocycles. The third kappa shape index (κ3) is 4.89. The summed E-state index contributed by atoms with van der Waals surface area (Å²) in [7, 11) is 2.07. The van der Waals surface area contributed by atoms with Gasteiger partial charge in [0.1, 0.15) is 5.82 Å². The van der Waals surface area contributed by atoms with Crippen LogP contribution in [0.4, 0.5) is 0 Å². The molecule has 1 N–H and O–H groups in total. The maximum Gasteiger partial charge on any atom is 0.262 e. The summed E-state index contributed by atoms with van der Waals surface area (Å²) in [5.41, 5.74) is 6.73. The highest BCUT2D eigenvalue weighted by atomic mass is 16.2. The predicted octanol–water partition coefficient (Wildman–Crippen LogP) is 8.01. The van der Waals surface area contributed by atoms with Crippen molar-refractivity contribution in [3.8, 4) is 0 Å². The molecule has 2 atom stereocenters. The van der Waals surface area contributed by atoms with Crippen molar-refractivity contribution in [2.24, 2.45) is 11.8 Å². The van der Waals surface area contributed by atoms with Crippen LogP contribution in [0.15, 0.2) is 96.6 Å². The second-order valence-corrected chi connectivity index (χ2v) is 13.2. The first kappa shape index (κ1) is 31.2. The lowest BCUT2D eigenvalue weighted by molar-refractivity contribution is -0.00200. The Bertz CT molecular complexity index is 1800. The summed E-state index contributed by atoms with van der Waals surface area (Å²) >= 11 is 0. The number of carbonyl (C=O) groups is 2. The van der Waals surface area contributed by atoms with Gasteiger partial charge in [0, 0.05) is 29.9 Å². The summed E-state index contributed by atoms with van der Waals surface area (Å²) in [6.07, 6.45) is 10.7. The molecule has 0 saturated heterocycles. The lowest BCUT2D eigenvalue weighted by Gasteiger charge is -2.51. The molecule has 2 unspecified atom stereocenters. The number of nitrogens with one attached hydrogen (secondary N) is 1. The third-order valence-corrected chi connectivity index (χ3v) is 9.90. The van der Waals surface area contributed by atoms with E-state index < -0.39 is 5.54 Å². The highest BCUT2D eigenvalue weighted by molar-refractivity contribution is 6.22. The van der Waals surface area contributed by atoms with Gasteiger partial charge in [-0.05, 0) is 93.9 Å². The molecule has 6 rings (SSSR count). The maximum absolute atomic E-state index is 13.7. The number of amides is 2. The average Bonchev–Trinajstić information content (AvgIpc) is 3.49. The van der Waals surface area contributed by atoms with E-state index in [9.17, 15) is 9.59 Å². The summed E-state index contributed by atoms with van der Waals surface area (Å²) in [4.78, 5) is 31.1. The molecule has 3 aromatic rings. The number of rotatable bonds is 9. The van der Waals surface area contributed by atoms with Gasteiger partial charge in [-0.25, -0.2) is 4.68 Å². The van der Waals surface area contributed by atoms with E-state index in [4.69, 9.17) is 10.5 Å². The summed E-state index contributed by atoms with van der Waals surface area (Å²) in [6, 6.07) is 17.5. The van der Waals surface area contributed by atoms with Gasteiger partial charge in [0.2, 0.25) is 0 Å². The van der Waals surface area contributed by atoms with E-state index in [1.54, 1.807) is 12.1 Å². The number of allylic oxidation sites excluding steroid dienone is 5. The number of fused-ring (bicyclic) bond motifs is 1. The van der Waals surface area contributed by atoms with Gasteiger partial charge in [-0.2, -0.15) is 5.10 Å². The summed E-state index contributed by atoms with van der Waals surface area (Å²) in [5, 5.41) is 13.6. The molecule has 1 aliphatic carbocycles. The van der Waals surface area contributed by atoms with E-state index >= 15 is 0 Å². The number of hydrogen-bond acceptors (Lipinski definition) is 5. The molecule has 2 amide bonds. The van der Waals surface area contributed by atoms with E-state index in [1.807, 2.05) is 50.6 Å². The van der Waals surface area contributed by atoms with Crippen LogP contribution in [-0.4, -0.2) is 44.2 Å². The topological polar surface area (TPSA) is 82.3 Å². The molecule has 0 radical (unpaired) electrons. The zero-order chi connectivity index (χ0) is 32.9. The van der Waals surface area contributed by atoms with E-state index in [-0.39, 0.29) is 23.8 Å². The van der Waals surface area contributed by atoms with E-state index in [0.717, 1.165) is 58.7 Å². The minimum absolute atomic E-state index is 0.0526. The number of hydrogen-bond donors (Lipinski definition) is 1. The number of aryl methyl sites for hydroxylation is 2. The minimum Gasteiger partial charge on any atom is -0.348 e. The monoisotopic (exact) mass is 613 g/mol. The number of aromatic nitrogens is 2. The van der Waals surface area contributed by atoms with Crippen molar-refractivity contribution in [3.63, 3.8) is 0 Å². The van der Waals surface area contributed by atoms with Crippen molar-refractivity contribution in [1.82, 2.24) is 19.6 Å². The lowest BCUT2D eigenvalue weighted by atomic mass is 9.64. The Morgan fingerprint density at radius 2 is 1.72 bits per heavy atom. The normalized spacial score (nSPS) is 23.5. The Morgan fingerprint density at radius 1 is 1.09 bits per heavy atom. The third-order valence-electron chi connectivity index (χ3n) is 9.90. The van der Waals surface area contributed by atoms with Crippen LogP contribution in [0.25, 0.3) is 5.82 Å².